The third kappa shape index (κ3) is 3.73. The van der Waals surface area contributed by atoms with Gasteiger partial charge in [0.1, 0.15) is 0 Å². The number of para-hydroxylation sites is 1. The SMILES string of the molecule is c1ccc(-c2ccccc2-c2ccc3c(c2-c2ccccc2-c2ccccn2)-c2c4c(ccc2=N3)=c2ccccc2=N4)cc1. The van der Waals surface area contributed by atoms with E-state index >= 15 is 0 Å². The lowest BCUT2D eigenvalue weighted by Gasteiger charge is -2.21. The second kappa shape index (κ2) is 9.82. The predicted octanol–water partition coefficient (Wildman–Crippen LogP) is 9.23. The molecule has 204 valence electrons. The third-order valence-electron chi connectivity index (χ3n) is 8.70. The van der Waals surface area contributed by atoms with Crippen molar-refractivity contribution in [3.05, 3.63) is 173 Å². The van der Waals surface area contributed by atoms with Crippen LogP contribution < -0.4 is 10.7 Å². The Morgan fingerprint density at radius 3 is 1.93 bits per heavy atom. The highest BCUT2D eigenvalue weighted by Crippen LogP contribution is 2.52. The summed E-state index contributed by atoms with van der Waals surface area (Å²) >= 11 is 0. The zero-order chi connectivity index (χ0) is 29.0. The van der Waals surface area contributed by atoms with Gasteiger partial charge in [-0.05, 0) is 64.2 Å². The van der Waals surface area contributed by atoms with Crippen molar-refractivity contribution in [2.24, 2.45) is 9.98 Å². The maximum Gasteiger partial charge on any atom is 0.0817 e. The number of aromatic nitrogens is 1. The average molecular weight is 560 g/mol. The Balaban J connectivity index is 1.42. The summed E-state index contributed by atoms with van der Waals surface area (Å²) in [6.07, 6.45) is 1.86. The summed E-state index contributed by atoms with van der Waals surface area (Å²) in [5.41, 5.74) is 13.2. The Morgan fingerprint density at radius 2 is 1.09 bits per heavy atom. The van der Waals surface area contributed by atoms with Crippen LogP contribution in [-0.2, 0) is 0 Å². The van der Waals surface area contributed by atoms with Gasteiger partial charge in [-0.25, -0.2) is 9.98 Å². The summed E-state index contributed by atoms with van der Waals surface area (Å²) in [6, 6.07) is 51.2. The van der Waals surface area contributed by atoms with Crippen LogP contribution in [0.3, 0.4) is 0 Å². The number of hydrogen-bond donors (Lipinski definition) is 0. The Bertz CT molecular complexity index is 2480. The lowest BCUT2D eigenvalue weighted by molar-refractivity contribution is 1.33. The van der Waals surface area contributed by atoms with Crippen molar-refractivity contribution in [1.82, 2.24) is 4.98 Å². The van der Waals surface area contributed by atoms with Crippen molar-refractivity contribution in [3.63, 3.8) is 0 Å². The molecule has 0 atom stereocenters. The normalized spacial score (nSPS) is 12.0. The van der Waals surface area contributed by atoms with E-state index in [0.29, 0.717) is 0 Å². The lowest BCUT2D eigenvalue weighted by atomic mass is 9.82. The van der Waals surface area contributed by atoms with Gasteiger partial charge in [0.2, 0.25) is 0 Å². The van der Waals surface area contributed by atoms with E-state index in [1.54, 1.807) is 0 Å². The maximum atomic E-state index is 5.20. The van der Waals surface area contributed by atoms with E-state index < -0.39 is 0 Å². The molecule has 0 unspecified atom stereocenters. The van der Waals surface area contributed by atoms with Gasteiger partial charge in [0.15, 0.2) is 0 Å². The summed E-state index contributed by atoms with van der Waals surface area (Å²) in [6.45, 7) is 0. The first kappa shape index (κ1) is 24.6. The van der Waals surface area contributed by atoms with E-state index in [4.69, 9.17) is 15.0 Å². The van der Waals surface area contributed by atoms with Crippen LogP contribution in [0.1, 0.15) is 0 Å². The Labute approximate surface area is 254 Å². The van der Waals surface area contributed by atoms with Crippen molar-refractivity contribution in [2.45, 2.75) is 0 Å². The van der Waals surface area contributed by atoms with Crippen LogP contribution in [0, 0.1) is 10.4 Å². The molecule has 0 N–H and O–H groups in total. The van der Waals surface area contributed by atoms with Gasteiger partial charge in [-0.2, -0.15) is 0 Å². The summed E-state index contributed by atoms with van der Waals surface area (Å²) in [4.78, 5) is 15.2. The van der Waals surface area contributed by atoms with Gasteiger partial charge in [-0.3, -0.25) is 4.98 Å². The van der Waals surface area contributed by atoms with E-state index in [9.17, 15) is 0 Å². The molecule has 6 aromatic carbocycles. The molecule has 44 heavy (non-hydrogen) atoms. The zero-order valence-electron chi connectivity index (χ0n) is 23.8. The molecule has 1 aromatic heterocycles. The van der Waals surface area contributed by atoms with E-state index in [2.05, 4.69) is 133 Å². The first-order chi connectivity index (χ1) is 21.8. The highest BCUT2D eigenvalue weighted by atomic mass is 14.8. The largest absolute Gasteiger partial charge is 0.256 e. The van der Waals surface area contributed by atoms with Crippen molar-refractivity contribution in [2.75, 3.05) is 0 Å². The van der Waals surface area contributed by atoms with Gasteiger partial charge < -0.3 is 0 Å². The third-order valence-corrected chi connectivity index (χ3v) is 8.70. The second-order valence-corrected chi connectivity index (χ2v) is 11.2. The summed E-state index contributed by atoms with van der Waals surface area (Å²) < 4.78 is 0. The number of nitrogens with zero attached hydrogens (tertiary/aromatic N) is 3. The molecule has 0 saturated carbocycles. The maximum absolute atomic E-state index is 5.20. The molecule has 3 heterocycles. The number of rotatable bonds is 4. The minimum atomic E-state index is 0.938. The molecule has 2 aliphatic rings. The van der Waals surface area contributed by atoms with Gasteiger partial charge in [0.05, 0.1) is 27.8 Å². The van der Waals surface area contributed by atoms with E-state index in [1.807, 2.05) is 18.3 Å². The van der Waals surface area contributed by atoms with Crippen LogP contribution in [0.5, 0.6) is 0 Å². The summed E-state index contributed by atoms with van der Waals surface area (Å²) in [7, 11) is 0. The smallest absolute Gasteiger partial charge is 0.0817 e. The number of fused-ring (bicyclic) bond motifs is 6. The fraction of sp³-hybridized carbons (Fsp3) is 0. The quantitative estimate of drug-likeness (QED) is 0.212. The molecule has 0 radical (unpaired) electrons. The summed E-state index contributed by atoms with van der Waals surface area (Å²) in [5.74, 6) is 0. The molecule has 3 heteroatoms. The highest BCUT2D eigenvalue weighted by molar-refractivity contribution is 6.07. The highest BCUT2D eigenvalue weighted by Gasteiger charge is 2.28. The Hall–Kier alpha value is -5.93. The zero-order valence-corrected chi connectivity index (χ0v) is 23.8. The van der Waals surface area contributed by atoms with Crippen LogP contribution in [0.25, 0.3) is 55.8 Å². The van der Waals surface area contributed by atoms with Gasteiger partial charge in [-0.15, -0.1) is 0 Å². The number of pyridine rings is 1. The second-order valence-electron chi connectivity index (χ2n) is 11.2. The van der Waals surface area contributed by atoms with Crippen LogP contribution in [0.2, 0.25) is 0 Å². The molecule has 3 nitrogen and oxygen atoms in total. The van der Waals surface area contributed by atoms with E-state index in [1.165, 1.54) is 21.9 Å². The van der Waals surface area contributed by atoms with Gasteiger partial charge in [0, 0.05) is 38.9 Å². The first-order valence-electron chi connectivity index (χ1n) is 14.9. The van der Waals surface area contributed by atoms with Gasteiger partial charge in [0.25, 0.3) is 0 Å². The van der Waals surface area contributed by atoms with Crippen molar-refractivity contribution in [3.8, 4) is 55.8 Å². The average Bonchev–Trinajstić information content (AvgIpc) is 3.67. The molecule has 0 aliphatic carbocycles. The van der Waals surface area contributed by atoms with Crippen molar-refractivity contribution < 1.29 is 0 Å². The van der Waals surface area contributed by atoms with E-state index in [-0.39, 0.29) is 0 Å². The number of benzene rings is 6. The van der Waals surface area contributed by atoms with Crippen LogP contribution in [0.4, 0.5) is 11.4 Å². The fourth-order valence-corrected chi connectivity index (χ4v) is 6.78. The Kier molecular flexibility index (Phi) is 5.50. The van der Waals surface area contributed by atoms with Crippen molar-refractivity contribution in [1.29, 1.82) is 0 Å². The first-order valence-corrected chi connectivity index (χ1v) is 14.9. The molecule has 9 rings (SSSR count). The van der Waals surface area contributed by atoms with E-state index in [0.717, 1.165) is 66.4 Å². The molecular weight excluding hydrogens is 534 g/mol. The van der Waals surface area contributed by atoms with Crippen LogP contribution in [-0.4, -0.2) is 4.98 Å². The van der Waals surface area contributed by atoms with Crippen LogP contribution >= 0.6 is 0 Å². The number of hydrogen-bond acceptors (Lipinski definition) is 3. The van der Waals surface area contributed by atoms with Gasteiger partial charge >= 0.3 is 0 Å². The lowest BCUT2D eigenvalue weighted by Crippen LogP contribution is -2.02. The fourth-order valence-electron chi connectivity index (χ4n) is 6.78. The standard InChI is InChI=1S/C41H25N3/c1-2-12-26(13-3-1)27-14-4-5-15-28(27)32-21-23-36-39(38(32)31-18-7-6-16-29(31)34-19-10-11-25-42-34)40-37(43-36)24-22-33-30-17-8-9-20-35(30)44-41(33)40/h1-25H. The molecule has 0 amide bonds. The minimum Gasteiger partial charge on any atom is -0.256 e. The van der Waals surface area contributed by atoms with Gasteiger partial charge in [-0.1, -0.05) is 109 Å². The topological polar surface area (TPSA) is 37.6 Å². The molecule has 0 bridgehead atoms. The monoisotopic (exact) mass is 559 g/mol. The molecule has 0 fully saturated rings. The molecule has 7 aromatic rings. The molecular formula is C41H25N3. The molecule has 2 aliphatic heterocycles. The minimum absolute atomic E-state index is 0.938. The summed E-state index contributed by atoms with van der Waals surface area (Å²) in [5, 5.41) is 4.28. The van der Waals surface area contributed by atoms with Crippen LogP contribution in [0.15, 0.2) is 162 Å². The predicted molar refractivity (Wildman–Crippen MR) is 177 cm³/mol. The molecule has 0 saturated heterocycles. The Morgan fingerprint density at radius 1 is 0.364 bits per heavy atom. The van der Waals surface area contributed by atoms with Crippen molar-refractivity contribution >= 4 is 11.4 Å². The molecule has 0 spiro atoms.